The van der Waals surface area contributed by atoms with E-state index in [-0.39, 0.29) is 11.9 Å². The van der Waals surface area contributed by atoms with Crippen molar-refractivity contribution >= 4 is 0 Å². The van der Waals surface area contributed by atoms with Gasteiger partial charge in [-0.25, -0.2) is 4.39 Å². The molecule has 2 N–H and O–H groups in total. The highest BCUT2D eigenvalue weighted by molar-refractivity contribution is 5.29. The molecule has 0 amide bonds. The lowest BCUT2D eigenvalue weighted by Gasteiger charge is -2.38. The topological polar surface area (TPSA) is 38.5 Å². The third kappa shape index (κ3) is 3.45. The zero-order chi connectivity index (χ0) is 13.8. The molecule has 1 saturated heterocycles. The molecule has 0 bridgehead atoms. The molecule has 1 fully saturated rings. The summed E-state index contributed by atoms with van der Waals surface area (Å²) in [4.78, 5) is 2.37. The number of likely N-dealkylation sites (tertiary alicyclic amines) is 1. The van der Waals surface area contributed by atoms with Crippen molar-refractivity contribution in [2.24, 2.45) is 5.73 Å². The molecule has 19 heavy (non-hydrogen) atoms. The average molecular weight is 266 g/mol. The maximum Gasteiger partial charge on any atom is 0.165 e. The lowest BCUT2D eigenvalue weighted by molar-refractivity contribution is 0.123. The third-order valence-corrected chi connectivity index (χ3v) is 3.87. The van der Waals surface area contributed by atoms with Crippen molar-refractivity contribution in [2.75, 3.05) is 13.7 Å². The number of piperidine rings is 1. The highest BCUT2D eigenvalue weighted by atomic mass is 19.1. The number of rotatable bonds is 4. The van der Waals surface area contributed by atoms with Crippen LogP contribution in [0.1, 0.15) is 31.7 Å². The van der Waals surface area contributed by atoms with E-state index in [9.17, 15) is 4.39 Å². The minimum Gasteiger partial charge on any atom is -0.494 e. The molecule has 2 rings (SSSR count). The molecule has 3 nitrogen and oxygen atoms in total. The summed E-state index contributed by atoms with van der Waals surface area (Å²) in [6, 6.07) is 5.73. The summed E-state index contributed by atoms with van der Waals surface area (Å²) in [7, 11) is 1.48. The van der Waals surface area contributed by atoms with Gasteiger partial charge in [0.25, 0.3) is 0 Å². The first kappa shape index (κ1) is 14.3. The van der Waals surface area contributed by atoms with Gasteiger partial charge in [-0.1, -0.05) is 12.5 Å². The quantitative estimate of drug-likeness (QED) is 0.910. The molecule has 2 atom stereocenters. The SMILES string of the molecule is COc1ccc(CN2CCCCC2C(C)N)cc1F. The number of methoxy groups -OCH3 is 1. The fourth-order valence-corrected chi connectivity index (χ4v) is 2.85. The van der Waals surface area contributed by atoms with Crippen molar-refractivity contribution in [3.8, 4) is 5.75 Å². The lowest BCUT2D eigenvalue weighted by atomic mass is 9.96. The van der Waals surface area contributed by atoms with Crippen LogP contribution in [0.5, 0.6) is 5.75 Å². The van der Waals surface area contributed by atoms with Gasteiger partial charge in [0.1, 0.15) is 0 Å². The van der Waals surface area contributed by atoms with E-state index in [1.807, 2.05) is 6.07 Å². The Morgan fingerprint density at radius 2 is 2.26 bits per heavy atom. The van der Waals surface area contributed by atoms with Crippen molar-refractivity contribution < 1.29 is 9.13 Å². The second-order valence-corrected chi connectivity index (χ2v) is 5.36. The molecule has 1 aromatic carbocycles. The molecule has 0 radical (unpaired) electrons. The van der Waals surface area contributed by atoms with Crippen molar-refractivity contribution in [3.05, 3.63) is 29.6 Å². The smallest absolute Gasteiger partial charge is 0.165 e. The van der Waals surface area contributed by atoms with E-state index in [2.05, 4.69) is 11.8 Å². The predicted molar refractivity (Wildman–Crippen MR) is 74.7 cm³/mol. The Kier molecular flexibility index (Phi) is 4.77. The molecule has 1 aliphatic rings. The van der Waals surface area contributed by atoms with Crippen LogP contribution in [0.25, 0.3) is 0 Å². The Labute approximate surface area is 114 Å². The largest absolute Gasteiger partial charge is 0.494 e. The van der Waals surface area contributed by atoms with Crippen LogP contribution >= 0.6 is 0 Å². The number of benzene rings is 1. The highest BCUT2D eigenvalue weighted by Crippen LogP contribution is 2.23. The normalized spacial score (nSPS) is 22.2. The van der Waals surface area contributed by atoms with Gasteiger partial charge < -0.3 is 10.5 Å². The molecule has 106 valence electrons. The molecule has 0 saturated carbocycles. The van der Waals surface area contributed by atoms with Crippen molar-refractivity contribution in [3.63, 3.8) is 0 Å². The molecule has 1 heterocycles. The molecule has 2 unspecified atom stereocenters. The molecule has 1 aliphatic heterocycles. The highest BCUT2D eigenvalue weighted by Gasteiger charge is 2.25. The van der Waals surface area contributed by atoms with E-state index < -0.39 is 0 Å². The number of ether oxygens (including phenoxy) is 1. The Morgan fingerprint density at radius 3 is 2.89 bits per heavy atom. The van der Waals surface area contributed by atoms with E-state index in [0.29, 0.717) is 11.8 Å². The first-order valence-corrected chi connectivity index (χ1v) is 6.94. The molecular weight excluding hydrogens is 243 g/mol. The zero-order valence-corrected chi connectivity index (χ0v) is 11.7. The minimum absolute atomic E-state index is 0.156. The van der Waals surface area contributed by atoms with Crippen LogP contribution in [0, 0.1) is 5.82 Å². The van der Waals surface area contributed by atoms with Crippen LogP contribution in [0.2, 0.25) is 0 Å². The summed E-state index contributed by atoms with van der Waals surface area (Å²) in [5, 5.41) is 0. The van der Waals surface area contributed by atoms with Crippen molar-refractivity contribution in [1.82, 2.24) is 4.90 Å². The maximum absolute atomic E-state index is 13.7. The second kappa shape index (κ2) is 6.35. The maximum atomic E-state index is 13.7. The number of halogens is 1. The van der Waals surface area contributed by atoms with Crippen molar-refractivity contribution in [1.29, 1.82) is 0 Å². The van der Waals surface area contributed by atoms with Gasteiger partial charge in [0.15, 0.2) is 11.6 Å². The van der Waals surface area contributed by atoms with Gasteiger partial charge >= 0.3 is 0 Å². The number of hydrogen-bond donors (Lipinski definition) is 1. The van der Waals surface area contributed by atoms with Gasteiger partial charge in [-0.05, 0) is 44.0 Å². The molecule has 0 aromatic heterocycles. The molecular formula is C15H23FN2O. The fraction of sp³-hybridized carbons (Fsp3) is 0.600. The van der Waals surface area contributed by atoms with Crippen LogP contribution in [-0.4, -0.2) is 30.6 Å². The Hall–Kier alpha value is -1.13. The van der Waals surface area contributed by atoms with Crippen LogP contribution in [0.4, 0.5) is 4.39 Å². The van der Waals surface area contributed by atoms with Gasteiger partial charge in [0.05, 0.1) is 7.11 Å². The standard InChI is InChI=1S/C15H23FN2O/c1-11(17)14-5-3-4-8-18(14)10-12-6-7-15(19-2)13(16)9-12/h6-7,9,11,14H,3-5,8,10,17H2,1-2H3. The summed E-state index contributed by atoms with van der Waals surface area (Å²) >= 11 is 0. The number of nitrogens with two attached hydrogens (primary N) is 1. The van der Waals surface area contributed by atoms with Crippen LogP contribution in [0.3, 0.4) is 0 Å². The summed E-state index contributed by atoms with van der Waals surface area (Å²) in [6.45, 7) is 3.85. The zero-order valence-electron chi connectivity index (χ0n) is 11.7. The van der Waals surface area contributed by atoms with E-state index in [1.165, 1.54) is 20.0 Å². The Bertz CT molecular complexity index is 423. The second-order valence-electron chi connectivity index (χ2n) is 5.36. The monoisotopic (exact) mass is 266 g/mol. The number of nitrogens with zero attached hydrogens (tertiary/aromatic N) is 1. The Morgan fingerprint density at radius 1 is 1.47 bits per heavy atom. The van der Waals surface area contributed by atoms with Gasteiger partial charge in [0, 0.05) is 18.6 Å². The van der Waals surface area contributed by atoms with E-state index in [1.54, 1.807) is 12.1 Å². The molecule has 0 aliphatic carbocycles. The molecule has 1 aromatic rings. The molecule has 0 spiro atoms. The van der Waals surface area contributed by atoms with E-state index in [0.717, 1.165) is 25.1 Å². The van der Waals surface area contributed by atoms with E-state index in [4.69, 9.17) is 10.5 Å². The van der Waals surface area contributed by atoms with Gasteiger partial charge in [-0.2, -0.15) is 0 Å². The summed E-state index contributed by atoms with van der Waals surface area (Å²) in [5.74, 6) is 0.000457. The Balaban J connectivity index is 2.08. The first-order valence-electron chi connectivity index (χ1n) is 6.94. The summed E-state index contributed by atoms with van der Waals surface area (Å²) < 4.78 is 18.6. The van der Waals surface area contributed by atoms with Gasteiger partial charge in [-0.3, -0.25) is 4.90 Å². The average Bonchev–Trinajstić information content (AvgIpc) is 2.39. The van der Waals surface area contributed by atoms with Crippen LogP contribution < -0.4 is 10.5 Å². The van der Waals surface area contributed by atoms with Crippen LogP contribution in [-0.2, 0) is 6.54 Å². The van der Waals surface area contributed by atoms with Crippen molar-refractivity contribution in [2.45, 2.75) is 44.8 Å². The molecule has 4 heteroatoms. The lowest BCUT2D eigenvalue weighted by Crippen LogP contribution is -2.48. The summed E-state index contributed by atoms with van der Waals surface area (Å²) in [6.07, 6.45) is 3.57. The van der Waals surface area contributed by atoms with Crippen LogP contribution in [0.15, 0.2) is 18.2 Å². The predicted octanol–water partition coefficient (Wildman–Crippen LogP) is 2.54. The van der Waals surface area contributed by atoms with E-state index >= 15 is 0 Å². The summed E-state index contributed by atoms with van der Waals surface area (Å²) in [5.41, 5.74) is 7.03. The van der Waals surface area contributed by atoms with Gasteiger partial charge in [0.2, 0.25) is 0 Å². The first-order chi connectivity index (χ1) is 9.11. The number of hydrogen-bond acceptors (Lipinski definition) is 3. The minimum atomic E-state index is -0.297. The van der Waals surface area contributed by atoms with Gasteiger partial charge in [-0.15, -0.1) is 0 Å². The fourth-order valence-electron chi connectivity index (χ4n) is 2.85. The third-order valence-electron chi connectivity index (χ3n) is 3.87.